The van der Waals surface area contributed by atoms with Crippen molar-refractivity contribution in [3.05, 3.63) is 101 Å². The van der Waals surface area contributed by atoms with E-state index in [4.69, 9.17) is 4.74 Å². The van der Waals surface area contributed by atoms with Crippen molar-refractivity contribution in [3.63, 3.8) is 0 Å². The molecule has 39 heavy (non-hydrogen) atoms. The van der Waals surface area contributed by atoms with E-state index in [2.05, 4.69) is 104 Å². The molecule has 0 bridgehead atoms. The van der Waals surface area contributed by atoms with E-state index in [9.17, 15) is 0 Å². The highest BCUT2D eigenvalue weighted by Gasteiger charge is 2.08. The SMILES string of the molecule is CCCCCCCCCCCCCCCc1cc(OC)c(/C=C/c2ccccc2)cc1/C=C/c1ccccc1. The van der Waals surface area contributed by atoms with Crippen LogP contribution in [0.4, 0.5) is 0 Å². The quantitative estimate of drug-likeness (QED) is 0.112. The van der Waals surface area contributed by atoms with Gasteiger partial charge in [-0.3, -0.25) is 0 Å². The summed E-state index contributed by atoms with van der Waals surface area (Å²) in [6.45, 7) is 2.29. The van der Waals surface area contributed by atoms with E-state index in [1.54, 1.807) is 7.11 Å². The van der Waals surface area contributed by atoms with Crippen molar-refractivity contribution in [2.45, 2.75) is 96.8 Å². The Morgan fingerprint density at radius 2 is 0.974 bits per heavy atom. The second-order valence-electron chi connectivity index (χ2n) is 10.8. The molecule has 0 aromatic heterocycles. The summed E-state index contributed by atoms with van der Waals surface area (Å²) in [7, 11) is 1.78. The highest BCUT2D eigenvalue weighted by molar-refractivity contribution is 5.78. The van der Waals surface area contributed by atoms with Crippen molar-refractivity contribution in [1.82, 2.24) is 0 Å². The van der Waals surface area contributed by atoms with Crippen molar-refractivity contribution < 1.29 is 4.74 Å². The van der Waals surface area contributed by atoms with Gasteiger partial charge >= 0.3 is 0 Å². The van der Waals surface area contributed by atoms with E-state index in [1.165, 1.54) is 106 Å². The third-order valence-electron chi connectivity index (χ3n) is 7.55. The van der Waals surface area contributed by atoms with E-state index in [-0.39, 0.29) is 0 Å². The summed E-state index contributed by atoms with van der Waals surface area (Å²) in [4.78, 5) is 0. The molecule has 0 heterocycles. The minimum absolute atomic E-state index is 0.948. The van der Waals surface area contributed by atoms with Crippen LogP contribution in [0.2, 0.25) is 0 Å². The van der Waals surface area contributed by atoms with Gasteiger partial charge in [0.25, 0.3) is 0 Å². The lowest BCUT2D eigenvalue weighted by molar-refractivity contribution is 0.413. The zero-order valence-corrected chi connectivity index (χ0v) is 24.5. The topological polar surface area (TPSA) is 9.23 Å². The van der Waals surface area contributed by atoms with Gasteiger partial charge in [-0.1, -0.05) is 169 Å². The fraction of sp³-hybridized carbons (Fsp3) is 0.421. The Morgan fingerprint density at radius 1 is 0.513 bits per heavy atom. The van der Waals surface area contributed by atoms with Crippen molar-refractivity contribution >= 4 is 24.3 Å². The number of ether oxygens (including phenoxy) is 1. The summed E-state index contributed by atoms with van der Waals surface area (Å²) in [6, 6.07) is 25.6. The van der Waals surface area contributed by atoms with E-state index < -0.39 is 0 Å². The van der Waals surface area contributed by atoms with Gasteiger partial charge in [-0.25, -0.2) is 0 Å². The normalized spacial score (nSPS) is 11.5. The molecule has 0 unspecified atom stereocenters. The molecular weight excluding hydrogens is 472 g/mol. The van der Waals surface area contributed by atoms with Gasteiger partial charge in [0, 0.05) is 5.56 Å². The molecule has 0 N–H and O–H groups in total. The molecule has 1 nitrogen and oxygen atoms in total. The molecule has 1 heteroatoms. The maximum Gasteiger partial charge on any atom is 0.126 e. The third kappa shape index (κ3) is 12.1. The molecule has 0 fully saturated rings. The molecule has 0 spiro atoms. The lowest BCUT2D eigenvalue weighted by atomic mass is 9.96. The maximum atomic E-state index is 5.84. The largest absolute Gasteiger partial charge is 0.496 e. The highest BCUT2D eigenvalue weighted by Crippen LogP contribution is 2.29. The molecule has 3 aromatic rings. The fourth-order valence-corrected chi connectivity index (χ4v) is 5.17. The van der Waals surface area contributed by atoms with Crippen molar-refractivity contribution in [1.29, 1.82) is 0 Å². The van der Waals surface area contributed by atoms with Crippen LogP contribution in [0.3, 0.4) is 0 Å². The summed E-state index contributed by atoms with van der Waals surface area (Å²) < 4.78 is 5.84. The van der Waals surface area contributed by atoms with Gasteiger partial charge in [-0.05, 0) is 47.2 Å². The van der Waals surface area contributed by atoms with Crippen LogP contribution in [-0.2, 0) is 6.42 Å². The van der Waals surface area contributed by atoms with Crippen LogP contribution in [0.5, 0.6) is 5.75 Å². The highest BCUT2D eigenvalue weighted by atomic mass is 16.5. The monoisotopic (exact) mass is 522 g/mol. The van der Waals surface area contributed by atoms with Gasteiger partial charge in [0.1, 0.15) is 5.75 Å². The fourth-order valence-electron chi connectivity index (χ4n) is 5.17. The van der Waals surface area contributed by atoms with E-state index in [0.717, 1.165) is 17.7 Å². The summed E-state index contributed by atoms with van der Waals surface area (Å²) in [6.07, 6.45) is 27.9. The van der Waals surface area contributed by atoms with Gasteiger partial charge in [0.15, 0.2) is 0 Å². The number of rotatable bonds is 19. The average Bonchev–Trinajstić information content (AvgIpc) is 2.98. The van der Waals surface area contributed by atoms with Crippen LogP contribution in [0.25, 0.3) is 24.3 Å². The molecule has 208 valence electrons. The first-order valence-corrected chi connectivity index (χ1v) is 15.5. The predicted molar refractivity (Wildman–Crippen MR) is 173 cm³/mol. The standard InChI is InChI=1S/C38H50O/c1-3-4-5-6-7-8-9-10-11-12-13-14-21-26-35-32-38(39-2)37(30-28-34-24-19-16-20-25-34)31-36(35)29-27-33-22-17-15-18-23-33/h15-20,22-25,27-32H,3-14,21,26H2,1-2H3/b29-27+,30-28+. The molecule has 0 saturated heterocycles. The molecular formula is C38H50O. The Hall–Kier alpha value is -3.06. The number of hydrogen-bond donors (Lipinski definition) is 0. The molecule has 0 aliphatic heterocycles. The van der Waals surface area contributed by atoms with Crippen molar-refractivity contribution in [3.8, 4) is 5.75 Å². The Bertz CT molecular complexity index is 1090. The average molecular weight is 523 g/mol. The number of benzene rings is 3. The van der Waals surface area contributed by atoms with Crippen LogP contribution in [0, 0.1) is 0 Å². The van der Waals surface area contributed by atoms with Gasteiger partial charge < -0.3 is 4.74 Å². The van der Waals surface area contributed by atoms with Crippen LogP contribution in [-0.4, -0.2) is 7.11 Å². The molecule has 0 radical (unpaired) electrons. The van der Waals surface area contributed by atoms with E-state index in [1.807, 2.05) is 0 Å². The van der Waals surface area contributed by atoms with Gasteiger partial charge in [0.2, 0.25) is 0 Å². The zero-order valence-electron chi connectivity index (χ0n) is 24.5. The molecule has 0 saturated carbocycles. The van der Waals surface area contributed by atoms with E-state index >= 15 is 0 Å². The first-order chi connectivity index (χ1) is 19.3. The molecule has 0 aliphatic carbocycles. The molecule has 0 atom stereocenters. The van der Waals surface area contributed by atoms with Gasteiger partial charge in [-0.15, -0.1) is 0 Å². The second kappa shape index (κ2) is 19.1. The Morgan fingerprint density at radius 3 is 1.46 bits per heavy atom. The Labute approximate surface area is 239 Å². The molecule has 0 aliphatic rings. The van der Waals surface area contributed by atoms with Gasteiger partial charge in [0.05, 0.1) is 7.11 Å². The number of unbranched alkanes of at least 4 members (excludes halogenated alkanes) is 12. The van der Waals surface area contributed by atoms with Crippen LogP contribution >= 0.6 is 0 Å². The van der Waals surface area contributed by atoms with Crippen molar-refractivity contribution in [2.75, 3.05) is 7.11 Å². The Kier molecular flexibility index (Phi) is 14.9. The lowest BCUT2D eigenvalue weighted by Gasteiger charge is -2.13. The summed E-state index contributed by atoms with van der Waals surface area (Å²) in [5.74, 6) is 0.948. The number of methoxy groups -OCH3 is 1. The number of aryl methyl sites for hydroxylation is 1. The molecule has 0 amide bonds. The smallest absolute Gasteiger partial charge is 0.126 e. The minimum Gasteiger partial charge on any atom is -0.496 e. The van der Waals surface area contributed by atoms with Gasteiger partial charge in [-0.2, -0.15) is 0 Å². The van der Waals surface area contributed by atoms with Crippen LogP contribution < -0.4 is 4.74 Å². The summed E-state index contributed by atoms with van der Waals surface area (Å²) in [5, 5.41) is 0. The summed E-state index contributed by atoms with van der Waals surface area (Å²) >= 11 is 0. The van der Waals surface area contributed by atoms with Crippen LogP contribution in [0.15, 0.2) is 72.8 Å². The predicted octanol–water partition coefficient (Wildman–Crippen LogP) is 11.7. The van der Waals surface area contributed by atoms with E-state index in [0.29, 0.717) is 0 Å². The van der Waals surface area contributed by atoms with Crippen molar-refractivity contribution in [2.24, 2.45) is 0 Å². The first kappa shape index (κ1) is 30.5. The zero-order chi connectivity index (χ0) is 27.4. The molecule has 3 rings (SSSR count). The molecule has 3 aromatic carbocycles. The first-order valence-electron chi connectivity index (χ1n) is 15.5. The third-order valence-corrected chi connectivity index (χ3v) is 7.55. The van der Waals surface area contributed by atoms with Crippen LogP contribution in [0.1, 0.15) is 118 Å². The lowest BCUT2D eigenvalue weighted by Crippen LogP contribution is -1.96. The maximum absolute atomic E-state index is 5.84. The number of hydrogen-bond acceptors (Lipinski definition) is 1. The summed E-state index contributed by atoms with van der Waals surface area (Å²) in [5.41, 5.74) is 6.19. The second-order valence-corrected chi connectivity index (χ2v) is 10.8. The minimum atomic E-state index is 0.948. The Balaban J connectivity index is 1.54.